The van der Waals surface area contributed by atoms with Crippen molar-refractivity contribution in [3.8, 4) is 0 Å². The van der Waals surface area contributed by atoms with Gasteiger partial charge in [0.1, 0.15) is 0 Å². The van der Waals surface area contributed by atoms with E-state index >= 15 is 0 Å². The van der Waals surface area contributed by atoms with Crippen LogP contribution in [0.1, 0.15) is 54.0 Å². The average molecular weight is 417 g/mol. The first kappa shape index (κ1) is 22.6. The van der Waals surface area contributed by atoms with Crippen LogP contribution in [0.25, 0.3) is 0 Å². The molecule has 0 bridgehead atoms. The van der Waals surface area contributed by atoms with E-state index in [0.717, 1.165) is 5.56 Å². The minimum absolute atomic E-state index is 0.0491. The number of rotatable bonds is 7. The molecule has 0 saturated carbocycles. The summed E-state index contributed by atoms with van der Waals surface area (Å²) in [5.74, 6) is -0.342. The van der Waals surface area contributed by atoms with Crippen LogP contribution in [0.15, 0.2) is 53.4 Å². The summed E-state index contributed by atoms with van der Waals surface area (Å²) in [7, 11) is -1.60. The van der Waals surface area contributed by atoms with E-state index < -0.39 is 15.1 Å². The highest BCUT2D eigenvalue weighted by Crippen LogP contribution is 2.16. The van der Waals surface area contributed by atoms with Gasteiger partial charge in [0.25, 0.3) is 11.8 Å². The Morgan fingerprint density at radius 3 is 1.90 bits per heavy atom. The van der Waals surface area contributed by atoms with Gasteiger partial charge in [-0.25, -0.2) is 8.42 Å². The van der Waals surface area contributed by atoms with Crippen molar-refractivity contribution < 1.29 is 18.0 Å². The number of sulfone groups is 1. The predicted molar refractivity (Wildman–Crippen MR) is 114 cm³/mol. The Bertz CT molecular complexity index is 963. The van der Waals surface area contributed by atoms with E-state index in [1.807, 2.05) is 13.8 Å². The quantitative estimate of drug-likeness (QED) is 0.751. The van der Waals surface area contributed by atoms with Crippen LogP contribution in [0.4, 0.5) is 0 Å². The Morgan fingerprint density at radius 1 is 0.897 bits per heavy atom. The molecule has 0 atom stereocenters. The van der Waals surface area contributed by atoms with Crippen LogP contribution in [0.2, 0.25) is 0 Å². The Balaban J connectivity index is 2.00. The van der Waals surface area contributed by atoms with Crippen molar-refractivity contribution in [2.45, 2.75) is 50.4 Å². The largest absolute Gasteiger partial charge is 0.348 e. The van der Waals surface area contributed by atoms with Crippen molar-refractivity contribution in [3.05, 3.63) is 65.2 Å². The summed E-state index contributed by atoms with van der Waals surface area (Å²) in [5.41, 5.74) is 1.84. The van der Waals surface area contributed by atoms with E-state index in [2.05, 4.69) is 5.32 Å². The van der Waals surface area contributed by atoms with Gasteiger partial charge in [-0.15, -0.1) is 0 Å². The second-order valence-electron chi connectivity index (χ2n) is 7.51. The normalized spacial score (nSPS) is 11.6. The van der Waals surface area contributed by atoms with Crippen molar-refractivity contribution in [3.63, 3.8) is 0 Å². The maximum Gasteiger partial charge on any atom is 0.253 e. The number of carbonyl (C=O) groups excluding carboxylic acids is 2. The lowest BCUT2D eigenvalue weighted by Crippen LogP contribution is -2.32. The molecule has 2 aromatic carbocycles. The highest BCUT2D eigenvalue weighted by molar-refractivity contribution is 7.92. The van der Waals surface area contributed by atoms with Gasteiger partial charge < -0.3 is 10.2 Å². The highest BCUT2D eigenvalue weighted by Gasteiger charge is 2.19. The number of carbonyl (C=O) groups is 2. The number of benzene rings is 2. The first-order valence-electron chi connectivity index (χ1n) is 9.52. The molecule has 0 aliphatic heterocycles. The van der Waals surface area contributed by atoms with Gasteiger partial charge in [0.15, 0.2) is 9.84 Å². The van der Waals surface area contributed by atoms with E-state index in [0.29, 0.717) is 17.7 Å². The van der Waals surface area contributed by atoms with Crippen LogP contribution >= 0.6 is 0 Å². The zero-order valence-electron chi connectivity index (χ0n) is 17.5. The van der Waals surface area contributed by atoms with E-state index in [9.17, 15) is 18.0 Å². The van der Waals surface area contributed by atoms with Crippen LogP contribution < -0.4 is 5.32 Å². The third-order valence-electron chi connectivity index (χ3n) is 4.81. The number of hydrogen-bond acceptors (Lipinski definition) is 4. The van der Waals surface area contributed by atoms with Gasteiger partial charge >= 0.3 is 0 Å². The zero-order valence-corrected chi connectivity index (χ0v) is 18.3. The number of amides is 2. The fourth-order valence-corrected chi connectivity index (χ4v) is 3.62. The molecule has 2 rings (SSSR count). The predicted octanol–water partition coefficient (Wildman–Crippen LogP) is 3.28. The van der Waals surface area contributed by atoms with Gasteiger partial charge in [0, 0.05) is 30.8 Å². The van der Waals surface area contributed by atoms with Crippen molar-refractivity contribution >= 4 is 21.7 Å². The summed E-state index contributed by atoms with van der Waals surface area (Å²) >= 11 is 0. The van der Waals surface area contributed by atoms with E-state index in [1.54, 1.807) is 50.1 Å². The Labute approximate surface area is 172 Å². The van der Waals surface area contributed by atoms with Crippen molar-refractivity contribution in [1.82, 2.24) is 10.2 Å². The van der Waals surface area contributed by atoms with E-state index in [4.69, 9.17) is 0 Å². The molecule has 1 N–H and O–H groups in total. The third kappa shape index (κ3) is 5.44. The molecule has 0 aromatic heterocycles. The number of nitrogens with one attached hydrogen (secondary N) is 1. The second-order valence-corrected chi connectivity index (χ2v) is 10.0. The molecule has 0 heterocycles. The topological polar surface area (TPSA) is 83.6 Å². The monoisotopic (exact) mass is 416 g/mol. The lowest BCUT2D eigenvalue weighted by molar-refractivity contribution is 0.0754. The third-order valence-corrected chi connectivity index (χ3v) is 6.98. The Hall–Kier alpha value is -2.67. The minimum Gasteiger partial charge on any atom is -0.348 e. The van der Waals surface area contributed by atoms with Gasteiger partial charge in [0.2, 0.25) is 0 Å². The fourth-order valence-electron chi connectivity index (χ4n) is 2.56. The second kappa shape index (κ2) is 9.22. The van der Waals surface area contributed by atoms with Gasteiger partial charge in [-0.05, 0) is 69.7 Å². The van der Waals surface area contributed by atoms with Crippen molar-refractivity contribution in [2.75, 3.05) is 7.05 Å². The molecule has 0 unspecified atom stereocenters. The molecular weight excluding hydrogens is 388 g/mol. The molecule has 0 aliphatic rings. The van der Waals surface area contributed by atoms with Crippen molar-refractivity contribution in [1.29, 1.82) is 0 Å². The minimum atomic E-state index is -3.36. The summed E-state index contributed by atoms with van der Waals surface area (Å²) in [4.78, 5) is 26.5. The van der Waals surface area contributed by atoms with Gasteiger partial charge in [-0.2, -0.15) is 0 Å². The van der Waals surface area contributed by atoms with Gasteiger partial charge in [-0.1, -0.05) is 12.1 Å². The molecule has 7 heteroatoms. The molecule has 2 amide bonds. The van der Waals surface area contributed by atoms with Gasteiger partial charge in [-0.3, -0.25) is 9.59 Å². The maximum absolute atomic E-state index is 12.3. The smallest absolute Gasteiger partial charge is 0.253 e. The van der Waals surface area contributed by atoms with Crippen molar-refractivity contribution in [2.24, 2.45) is 0 Å². The number of nitrogens with zero attached hydrogens (tertiary/aromatic N) is 1. The lowest BCUT2D eigenvalue weighted by Gasteiger charge is -2.21. The summed E-state index contributed by atoms with van der Waals surface area (Å²) < 4.78 is 24.3. The average Bonchev–Trinajstić information content (AvgIpc) is 2.71. The molecule has 0 aliphatic carbocycles. The summed E-state index contributed by atoms with van der Waals surface area (Å²) in [5, 5.41) is 2.29. The van der Waals surface area contributed by atoms with Crippen LogP contribution in [0.5, 0.6) is 0 Å². The molecule has 0 fully saturated rings. The molecule has 6 nitrogen and oxygen atoms in total. The summed E-state index contributed by atoms with van der Waals surface area (Å²) in [6, 6.07) is 13.1. The zero-order chi connectivity index (χ0) is 21.8. The van der Waals surface area contributed by atoms with Crippen LogP contribution in [0.3, 0.4) is 0 Å². The Kier molecular flexibility index (Phi) is 7.19. The van der Waals surface area contributed by atoms with E-state index in [1.165, 1.54) is 24.3 Å². The summed E-state index contributed by atoms with van der Waals surface area (Å²) in [6.45, 7) is 7.45. The standard InChI is InChI=1S/C22H28N2O4S/c1-15(2)24(5)22(26)19-8-6-17(7-9-19)14-23-21(25)18-10-12-20(13-11-18)29(27,28)16(3)4/h6-13,15-16H,14H2,1-5H3,(H,23,25). The highest BCUT2D eigenvalue weighted by atomic mass is 32.2. The molecule has 29 heavy (non-hydrogen) atoms. The molecule has 0 spiro atoms. The number of hydrogen-bond donors (Lipinski definition) is 1. The lowest BCUT2D eigenvalue weighted by atomic mass is 10.1. The molecule has 0 radical (unpaired) electrons. The van der Waals surface area contributed by atoms with Crippen LogP contribution in [-0.2, 0) is 16.4 Å². The molecule has 156 valence electrons. The molecule has 0 saturated heterocycles. The Morgan fingerprint density at radius 2 is 1.41 bits per heavy atom. The first-order chi connectivity index (χ1) is 13.5. The fraction of sp³-hybridized carbons (Fsp3) is 0.364. The van der Waals surface area contributed by atoms with E-state index in [-0.39, 0.29) is 22.8 Å². The first-order valence-corrected chi connectivity index (χ1v) is 11.1. The SMILES string of the molecule is CC(C)N(C)C(=O)c1ccc(CNC(=O)c2ccc(S(=O)(=O)C(C)C)cc2)cc1. The van der Waals surface area contributed by atoms with Crippen LogP contribution in [0, 0.1) is 0 Å². The summed E-state index contributed by atoms with van der Waals surface area (Å²) in [6.07, 6.45) is 0. The molecule has 2 aromatic rings. The van der Waals surface area contributed by atoms with Gasteiger partial charge in [0.05, 0.1) is 10.1 Å². The maximum atomic E-state index is 12.3. The molecular formula is C22H28N2O4S. The van der Waals surface area contributed by atoms with Crippen LogP contribution in [-0.4, -0.2) is 43.5 Å².